The molecule has 7 nitrogen and oxygen atoms in total. The predicted molar refractivity (Wildman–Crippen MR) is 78.4 cm³/mol. The van der Waals surface area contributed by atoms with E-state index in [0.29, 0.717) is 10.9 Å². The molecule has 0 atom stereocenters. The molecule has 0 amide bonds. The van der Waals surface area contributed by atoms with Crippen LogP contribution in [0.2, 0.25) is 0 Å². The molecular formula is C15H12N4O3. The minimum absolute atomic E-state index is 0.212. The van der Waals surface area contributed by atoms with Crippen molar-refractivity contribution in [2.75, 3.05) is 0 Å². The van der Waals surface area contributed by atoms with Crippen molar-refractivity contribution in [3.05, 3.63) is 42.6 Å². The molecule has 0 saturated heterocycles. The molecule has 0 unspecified atom stereocenters. The number of aliphatic carboxylic acids is 1. The number of carbonyl (C=O) groups excluding carboxylic acids is 1. The maximum atomic E-state index is 11.8. The van der Waals surface area contributed by atoms with Crippen LogP contribution in [-0.4, -0.2) is 36.6 Å². The second-order valence-electron chi connectivity index (χ2n) is 4.82. The van der Waals surface area contributed by atoms with Crippen molar-refractivity contribution >= 4 is 22.7 Å². The maximum Gasteiger partial charge on any atom is 0.325 e. The van der Waals surface area contributed by atoms with Crippen LogP contribution in [0.3, 0.4) is 0 Å². The number of carboxylic acids is 1. The summed E-state index contributed by atoms with van der Waals surface area (Å²) in [5.74, 6) is -1.23. The van der Waals surface area contributed by atoms with E-state index in [9.17, 15) is 9.59 Å². The molecule has 0 aliphatic heterocycles. The van der Waals surface area contributed by atoms with Gasteiger partial charge >= 0.3 is 5.97 Å². The topological polar surface area (TPSA) is 98.0 Å². The minimum atomic E-state index is -1.01. The van der Waals surface area contributed by atoms with Gasteiger partial charge < -0.3 is 5.11 Å². The van der Waals surface area contributed by atoms with Gasteiger partial charge in [-0.05, 0) is 17.7 Å². The summed E-state index contributed by atoms with van der Waals surface area (Å²) in [5, 5.41) is 13.7. The molecule has 0 aliphatic carbocycles. The van der Waals surface area contributed by atoms with Crippen molar-refractivity contribution in [1.82, 2.24) is 19.7 Å². The fourth-order valence-corrected chi connectivity index (χ4v) is 2.32. The van der Waals surface area contributed by atoms with E-state index in [1.54, 1.807) is 24.5 Å². The third-order valence-corrected chi connectivity index (χ3v) is 3.26. The van der Waals surface area contributed by atoms with Crippen LogP contribution >= 0.6 is 0 Å². The van der Waals surface area contributed by atoms with Crippen molar-refractivity contribution in [3.63, 3.8) is 0 Å². The zero-order valence-electron chi connectivity index (χ0n) is 11.7. The van der Waals surface area contributed by atoms with Gasteiger partial charge in [0.05, 0.1) is 5.52 Å². The van der Waals surface area contributed by atoms with Crippen molar-refractivity contribution in [1.29, 1.82) is 0 Å². The van der Waals surface area contributed by atoms with Crippen LogP contribution in [0.15, 0.2) is 36.9 Å². The van der Waals surface area contributed by atoms with E-state index in [2.05, 4.69) is 15.1 Å². The third kappa shape index (κ3) is 2.44. The molecule has 0 spiro atoms. The Kier molecular flexibility index (Phi) is 3.38. The van der Waals surface area contributed by atoms with Crippen LogP contribution < -0.4 is 0 Å². The van der Waals surface area contributed by atoms with Crippen molar-refractivity contribution in [2.24, 2.45) is 0 Å². The third-order valence-electron chi connectivity index (χ3n) is 3.26. The van der Waals surface area contributed by atoms with Gasteiger partial charge in [0.25, 0.3) is 0 Å². The van der Waals surface area contributed by atoms with E-state index < -0.39 is 5.97 Å². The molecule has 7 heteroatoms. The lowest BCUT2D eigenvalue weighted by molar-refractivity contribution is -0.137. The molecule has 22 heavy (non-hydrogen) atoms. The molecule has 3 aromatic rings. The number of carboxylic acid groups (broad SMARTS) is 1. The highest BCUT2D eigenvalue weighted by molar-refractivity contribution is 6.06. The SMILES string of the molecule is CC(=O)c1nn(CC(=O)O)c2ccc(-c3cncnc3)cc12. The molecule has 0 saturated carbocycles. The maximum absolute atomic E-state index is 11.8. The monoisotopic (exact) mass is 296 g/mol. The Hall–Kier alpha value is -3.09. The first-order valence-electron chi connectivity index (χ1n) is 6.55. The van der Waals surface area contributed by atoms with Crippen molar-refractivity contribution < 1.29 is 14.7 Å². The molecule has 0 fully saturated rings. The van der Waals surface area contributed by atoms with Gasteiger partial charge in [-0.25, -0.2) is 9.97 Å². The summed E-state index contributed by atoms with van der Waals surface area (Å²) in [5.41, 5.74) is 2.51. The highest BCUT2D eigenvalue weighted by Gasteiger charge is 2.16. The summed E-state index contributed by atoms with van der Waals surface area (Å²) in [6, 6.07) is 5.38. The number of fused-ring (bicyclic) bond motifs is 1. The van der Waals surface area contributed by atoms with E-state index in [1.165, 1.54) is 17.9 Å². The molecular weight excluding hydrogens is 284 g/mol. The molecule has 3 rings (SSSR count). The van der Waals surface area contributed by atoms with E-state index >= 15 is 0 Å². The van der Waals surface area contributed by atoms with Crippen LogP contribution in [0.1, 0.15) is 17.4 Å². The summed E-state index contributed by atoms with van der Waals surface area (Å²) in [6.07, 6.45) is 4.78. The quantitative estimate of drug-likeness (QED) is 0.737. The highest BCUT2D eigenvalue weighted by atomic mass is 16.4. The number of benzene rings is 1. The van der Waals surface area contributed by atoms with Gasteiger partial charge in [0.2, 0.25) is 0 Å². The lowest BCUT2D eigenvalue weighted by Gasteiger charge is -2.02. The molecule has 0 aliphatic rings. The number of aromatic nitrogens is 4. The molecule has 2 heterocycles. The zero-order valence-corrected chi connectivity index (χ0v) is 11.7. The largest absolute Gasteiger partial charge is 0.480 e. The van der Waals surface area contributed by atoms with Gasteiger partial charge in [0.15, 0.2) is 5.78 Å². The summed E-state index contributed by atoms with van der Waals surface area (Å²) in [4.78, 5) is 30.6. The zero-order chi connectivity index (χ0) is 15.7. The second kappa shape index (κ2) is 5.36. The molecule has 0 bridgehead atoms. The van der Waals surface area contributed by atoms with Crippen LogP contribution in [0, 0.1) is 0 Å². The van der Waals surface area contributed by atoms with E-state index in [1.807, 2.05) is 6.07 Å². The number of hydrogen-bond donors (Lipinski definition) is 1. The normalized spacial score (nSPS) is 10.8. The van der Waals surface area contributed by atoms with Crippen LogP contribution in [0.5, 0.6) is 0 Å². The number of hydrogen-bond acceptors (Lipinski definition) is 5. The Morgan fingerprint density at radius 3 is 2.55 bits per heavy atom. The van der Waals surface area contributed by atoms with Gasteiger partial charge in [-0.1, -0.05) is 6.07 Å². The Bertz CT molecular complexity index is 871. The molecule has 1 N–H and O–H groups in total. The number of Topliss-reactive ketones (excluding diaryl/α,β-unsaturated/α-hetero) is 1. The van der Waals surface area contributed by atoms with E-state index in [4.69, 9.17) is 5.11 Å². The molecule has 1 aromatic carbocycles. The Balaban J connectivity index is 2.20. The Labute approximate surface area is 125 Å². The number of rotatable bonds is 4. The van der Waals surface area contributed by atoms with E-state index in [-0.39, 0.29) is 18.0 Å². The molecule has 2 aromatic heterocycles. The van der Waals surface area contributed by atoms with Crippen LogP contribution in [0.25, 0.3) is 22.0 Å². The summed E-state index contributed by atoms with van der Waals surface area (Å²) in [6.45, 7) is 1.11. The predicted octanol–water partition coefficient (Wildman–Crippen LogP) is 1.78. The first kappa shape index (κ1) is 13.9. The Morgan fingerprint density at radius 2 is 1.91 bits per heavy atom. The highest BCUT2D eigenvalue weighted by Crippen LogP contribution is 2.26. The molecule has 110 valence electrons. The number of ketones is 1. The summed E-state index contributed by atoms with van der Waals surface area (Å²) < 4.78 is 1.32. The summed E-state index contributed by atoms with van der Waals surface area (Å²) in [7, 11) is 0. The van der Waals surface area contributed by atoms with E-state index in [0.717, 1.165) is 11.1 Å². The first-order chi connectivity index (χ1) is 10.6. The van der Waals surface area contributed by atoms with Crippen molar-refractivity contribution in [3.8, 4) is 11.1 Å². The van der Waals surface area contributed by atoms with Crippen molar-refractivity contribution in [2.45, 2.75) is 13.5 Å². The van der Waals surface area contributed by atoms with Crippen LogP contribution in [0.4, 0.5) is 0 Å². The first-order valence-corrected chi connectivity index (χ1v) is 6.55. The standard InChI is InChI=1S/C15H12N4O3/c1-9(20)15-12-4-10(11-5-16-8-17-6-11)2-3-13(12)19(18-15)7-14(21)22/h2-6,8H,7H2,1H3,(H,21,22). The van der Waals surface area contributed by atoms with Gasteiger partial charge in [-0.15, -0.1) is 0 Å². The smallest absolute Gasteiger partial charge is 0.325 e. The second-order valence-corrected chi connectivity index (χ2v) is 4.82. The average molecular weight is 296 g/mol. The molecule has 0 radical (unpaired) electrons. The minimum Gasteiger partial charge on any atom is -0.480 e. The Morgan fingerprint density at radius 1 is 1.18 bits per heavy atom. The van der Waals surface area contributed by atoms with Gasteiger partial charge in [-0.2, -0.15) is 5.10 Å². The average Bonchev–Trinajstić information content (AvgIpc) is 2.86. The van der Waals surface area contributed by atoms with Crippen LogP contribution in [-0.2, 0) is 11.3 Å². The lowest BCUT2D eigenvalue weighted by Crippen LogP contribution is -2.10. The fraction of sp³-hybridized carbons (Fsp3) is 0.133. The fourth-order valence-electron chi connectivity index (χ4n) is 2.32. The van der Waals surface area contributed by atoms with Gasteiger partial charge in [0, 0.05) is 30.3 Å². The lowest BCUT2D eigenvalue weighted by atomic mass is 10.0. The van der Waals surface area contributed by atoms with Gasteiger partial charge in [-0.3, -0.25) is 14.3 Å². The van der Waals surface area contributed by atoms with Gasteiger partial charge in [0.1, 0.15) is 18.6 Å². The number of carbonyl (C=O) groups is 2. The summed E-state index contributed by atoms with van der Waals surface area (Å²) >= 11 is 0. The number of nitrogens with zero attached hydrogens (tertiary/aromatic N) is 4.